The van der Waals surface area contributed by atoms with Crippen molar-refractivity contribution in [1.29, 1.82) is 5.26 Å². The number of rotatable bonds is 9. The lowest BCUT2D eigenvalue weighted by molar-refractivity contribution is -0.145. The van der Waals surface area contributed by atoms with Gasteiger partial charge in [0.25, 0.3) is 11.8 Å². The highest BCUT2D eigenvalue weighted by atomic mass is 16.4. The van der Waals surface area contributed by atoms with Crippen LogP contribution in [0.2, 0.25) is 0 Å². The highest BCUT2D eigenvalue weighted by Gasteiger charge is 2.34. The molecule has 0 aliphatic rings. The quantitative estimate of drug-likeness (QED) is 0.496. The van der Waals surface area contributed by atoms with Gasteiger partial charge in [-0.2, -0.15) is 5.26 Å². The van der Waals surface area contributed by atoms with Gasteiger partial charge in [0.15, 0.2) is 6.10 Å². The Morgan fingerprint density at radius 3 is 2.10 bits per heavy atom. The number of carbonyl (C=O) groups is 3. The molecule has 8 nitrogen and oxygen atoms in total. The van der Waals surface area contributed by atoms with E-state index in [1.807, 2.05) is 6.07 Å². The topological polar surface area (TPSA) is 140 Å². The minimum Gasteiger partial charge on any atom is -0.480 e. The molecular weight excluding hydrogens is 386 g/mol. The van der Waals surface area contributed by atoms with Crippen LogP contribution in [0, 0.1) is 17.2 Å². The number of nitrogens with zero attached hydrogens (tertiary/aromatic N) is 1. The highest BCUT2D eigenvalue weighted by Crippen LogP contribution is 2.19. The average molecular weight is 409 g/mol. The van der Waals surface area contributed by atoms with Crippen molar-refractivity contribution in [1.82, 2.24) is 10.6 Å². The van der Waals surface area contributed by atoms with E-state index in [1.165, 1.54) is 6.92 Å². The number of carboxylic acids is 1. The second-order valence-electron chi connectivity index (χ2n) is 6.84. The minimum absolute atomic E-state index is 0.0831. The van der Waals surface area contributed by atoms with Gasteiger partial charge in [-0.15, -0.1) is 0 Å². The molecule has 8 heteroatoms. The average Bonchev–Trinajstić information content (AvgIpc) is 2.76. The van der Waals surface area contributed by atoms with Crippen LogP contribution in [0.4, 0.5) is 0 Å². The summed E-state index contributed by atoms with van der Waals surface area (Å²) in [5.41, 5.74) is 0.818. The Balaban J connectivity index is 2.24. The van der Waals surface area contributed by atoms with Crippen molar-refractivity contribution < 1.29 is 24.6 Å². The summed E-state index contributed by atoms with van der Waals surface area (Å²) < 4.78 is 0. The van der Waals surface area contributed by atoms with Crippen molar-refractivity contribution in [3.63, 3.8) is 0 Å². The molecule has 0 radical (unpaired) electrons. The summed E-state index contributed by atoms with van der Waals surface area (Å²) in [6.45, 7) is 1.51. The number of hydrogen-bond donors (Lipinski definition) is 4. The van der Waals surface area contributed by atoms with Gasteiger partial charge in [0.1, 0.15) is 6.04 Å². The van der Waals surface area contributed by atoms with Crippen molar-refractivity contribution >= 4 is 17.8 Å². The van der Waals surface area contributed by atoms with Gasteiger partial charge < -0.3 is 20.8 Å². The molecule has 4 atom stereocenters. The fourth-order valence-corrected chi connectivity index (χ4v) is 2.92. The number of hydrogen-bond acceptors (Lipinski definition) is 5. The van der Waals surface area contributed by atoms with Crippen molar-refractivity contribution in [3.05, 3.63) is 71.8 Å². The number of benzene rings is 2. The number of carboxylic acid groups (broad SMARTS) is 1. The fraction of sp³-hybridized carbons (Fsp3) is 0.273. The van der Waals surface area contributed by atoms with Crippen LogP contribution < -0.4 is 10.6 Å². The molecule has 156 valence electrons. The van der Waals surface area contributed by atoms with Crippen LogP contribution in [0.1, 0.15) is 35.3 Å². The second-order valence-corrected chi connectivity index (χ2v) is 6.84. The summed E-state index contributed by atoms with van der Waals surface area (Å²) in [6.07, 6.45) is -1.84. The van der Waals surface area contributed by atoms with E-state index >= 15 is 0 Å². The zero-order valence-corrected chi connectivity index (χ0v) is 16.4. The molecule has 0 saturated heterocycles. The van der Waals surface area contributed by atoms with Gasteiger partial charge in [-0.25, -0.2) is 4.79 Å². The number of amides is 2. The molecule has 2 aromatic rings. The summed E-state index contributed by atoms with van der Waals surface area (Å²) in [4.78, 5) is 36.7. The van der Waals surface area contributed by atoms with Gasteiger partial charge in [0.2, 0.25) is 0 Å². The third kappa shape index (κ3) is 5.90. The second kappa shape index (κ2) is 10.7. The largest absolute Gasteiger partial charge is 0.480 e. The van der Waals surface area contributed by atoms with Gasteiger partial charge >= 0.3 is 5.97 Å². The molecule has 0 unspecified atom stereocenters. The van der Waals surface area contributed by atoms with Crippen LogP contribution in [0.5, 0.6) is 0 Å². The van der Waals surface area contributed by atoms with E-state index in [0.717, 1.165) is 0 Å². The van der Waals surface area contributed by atoms with E-state index in [-0.39, 0.29) is 6.42 Å². The predicted molar refractivity (Wildman–Crippen MR) is 108 cm³/mol. The number of aliphatic hydroxyl groups is 1. The van der Waals surface area contributed by atoms with Crippen LogP contribution in [0.25, 0.3) is 0 Å². The smallest absolute Gasteiger partial charge is 0.326 e. The Labute approximate surface area is 174 Å². The minimum atomic E-state index is -1.75. The molecule has 2 rings (SSSR count). The zero-order chi connectivity index (χ0) is 22.1. The lowest BCUT2D eigenvalue weighted by Crippen LogP contribution is -2.52. The molecule has 2 amide bonds. The lowest BCUT2D eigenvalue weighted by atomic mass is 9.96. The number of carbonyl (C=O) groups excluding carboxylic acids is 2. The summed E-state index contributed by atoms with van der Waals surface area (Å²) in [5.74, 6) is -3.45. The molecule has 2 aromatic carbocycles. The molecular formula is C22H23N3O5. The van der Waals surface area contributed by atoms with Crippen LogP contribution in [0.3, 0.4) is 0 Å². The van der Waals surface area contributed by atoms with Crippen LogP contribution in [-0.4, -0.2) is 40.1 Å². The third-order valence-electron chi connectivity index (χ3n) is 4.61. The Hall–Kier alpha value is -3.70. The maximum Gasteiger partial charge on any atom is 0.326 e. The lowest BCUT2D eigenvalue weighted by Gasteiger charge is -2.26. The van der Waals surface area contributed by atoms with E-state index in [1.54, 1.807) is 60.7 Å². The number of aliphatic carboxylic acids is 1. The third-order valence-corrected chi connectivity index (χ3v) is 4.61. The maximum absolute atomic E-state index is 12.6. The van der Waals surface area contributed by atoms with Gasteiger partial charge in [0, 0.05) is 17.9 Å². The fourth-order valence-electron chi connectivity index (χ4n) is 2.92. The number of nitriles is 1. The Morgan fingerprint density at radius 1 is 1.00 bits per heavy atom. The summed E-state index contributed by atoms with van der Waals surface area (Å²) in [7, 11) is 0. The molecule has 0 bridgehead atoms. The molecule has 0 aliphatic heterocycles. The van der Waals surface area contributed by atoms with E-state index < -0.39 is 41.9 Å². The highest BCUT2D eigenvalue weighted by molar-refractivity contribution is 5.95. The van der Waals surface area contributed by atoms with Gasteiger partial charge in [-0.1, -0.05) is 55.5 Å². The molecule has 0 heterocycles. The molecule has 0 saturated carbocycles. The van der Waals surface area contributed by atoms with Crippen molar-refractivity contribution in [2.45, 2.75) is 31.5 Å². The Kier molecular flexibility index (Phi) is 8.08. The SMILES string of the molecule is C[C@@H](CC#N)[C@H](NC(=O)[C@H](O)[C@@H](NC(=O)c1ccccc1)c1ccccc1)C(=O)O. The standard InChI is InChI=1S/C22H23N3O5/c1-14(12-13-23)17(22(29)30)24-21(28)19(26)18(15-8-4-2-5-9-15)25-20(27)16-10-6-3-7-11-16/h2-11,14,17-19,26H,12H2,1H3,(H,24,28)(H,25,27)(H,29,30)/t14-,17-,18-,19+/m0/s1. The molecule has 0 aromatic heterocycles. The number of aliphatic hydroxyl groups excluding tert-OH is 1. The Morgan fingerprint density at radius 2 is 1.57 bits per heavy atom. The first-order chi connectivity index (χ1) is 14.3. The molecule has 30 heavy (non-hydrogen) atoms. The van der Waals surface area contributed by atoms with Crippen molar-refractivity contribution in [2.24, 2.45) is 5.92 Å². The predicted octanol–water partition coefficient (Wildman–Crippen LogP) is 1.64. The normalized spacial score (nSPS) is 14.4. The maximum atomic E-state index is 12.6. The first kappa shape index (κ1) is 22.6. The number of nitrogens with one attached hydrogen (secondary N) is 2. The first-order valence-corrected chi connectivity index (χ1v) is 9.34. The summed E-state index contributed by atoms with van der Waals surface area (Å²) in [5, 5.41) is 33.8. The first-order valence-electron chi connectivity index (χ1n) is 9.34. The van der Waals surface area contributed by atoms with Gasteiger partial charge in [-0.3, -0.25) is 9.59 Å². The monoisotopic (exact) mass is 409 g/mol. The van der Waals surface area contributed by atoms with E-state index in [2.05, 4.69) is 10.6 Å². The molecule has 0 fully saturated rings. The van der Waals surface area contributed by atoms with Crippen LogP contribution >= 0.6 is 0 Å². The molecule has 0 aliphatic carbocycles. The van der Waals surface area contributed by atoms with E-state index in [9.17, 15) is 24.6 Å². The van der Waals surface area contributed by atoms with Gasteiger partial charge in [-0.05, 0) is 17.7 Å². The molecule has 0 spiro atoms. The Bertz CT molecular complexity index is 911. The van der Waals surface area contributed by atoms with Crippen LogP contribution in [0.15, 0.2) is 60.7 Å². The van der Waals surface area contributed by atoms with Crippen LogP contribution in [-0.2, 0) is 9.59 Å². The van der Waals surface area contributed by atoms with Crippen molar-refractivity contribution in [3.8, 4) is 6.07 Å². The zero-order valence-electron chi connectivity index (χ0n) is 16.4. The summed E-state index contributed by atoms with van der Waals surface area (Å²) >= 11 is 0. The molecule has 4 N–H and O–H groups in total. The van der Waals surface area contributed by atoms with E-state index in [4.69, 9.17) is 5.26 Å². The van der Waals surface area contributed by atoms with Crippen molar-refractivity contribution in [2.75, 3.05) is 0 Å². The van der Waals surface area contributed by atoms with E-state index in [0.29, 0.717) is 11.1 Å². The summed E-state index contributed by atoms with van der Waals surface area (Å²) in [6, 6.07) is 16.1. The van der Waals surface area contributed by atoms with Gasteiger partial charge in [0.05, 0.1) is 12.1 Å².